The summed E-state index contributed by atoms with van der Waals surface area (Å²) in [6.07, 6.45) is 3.90. The molecule has 2 N–H and O–H groups in total. The molecule has 0 bridgehead atoms. The molecule has 0 unspecified atom stereocenters. The number of halogens is 2. The zero-order valence-electron chi connectivity index (χ0n) is 17.1. The molecule has 9 heteroatoms. The third kappa shape index (κ3) is 5.49. The number of aromatic nitrogens is 4. The van der Waals surface area contributed by atoms with Crippen molar-refractivity contribution in [3.63, 3.8) is 0 Å². The lowest BCUT2D eigenvalue weighted by Gasteiger charge is -2.34. The average Bonchev–Trinajstić information content (AvgIpc) is 3.28. The van der Waals surface area contributed by atoms with E-state index in [1.165, 1.54) is 17.5 Å². The summed E-state index contributed by atoms with van der Waals surface area (Å²) in [4.78, 5) is 0. The highest BCUT2D eigenvalue weighted by Gasteiger charge is 2.26. The normalized spacial score (nSPS) is 18.2. The van der Waals surface area contributed by atoms with Crippen LogP contribution in [0.15, 0.2) is 48.8 Å². The summed E-state index contributed by atoms with van der Waals surface area (Å²) in [5.74, 6) is 0.861. The van der Waals surface area contributed by atoms with E-state index < -0.39 is 0 Å². The highest BCUT2D eigenvalue weighted by molar-refractivity contribution is 5.85. The Hall–Kier alpha value is -2.19. The Balaban J connectivity index is 0.00000160. The first kappa shape index (κ1) is 24.1. The second kappa shape index (κ2) is 11.3. The lowest BCUT2D eigenvalue weighted by molar-refractivity contribution is 0.303. The smallest absolute Gasteiger partial charge is 0.143 e. The van der Waals surface area contributed by atoms with Gasteiger partial charge in [0.05, 0.1) is 12.8 Å². The van der Waals surface area contributed by atoms with Crippen LogP contribution in [0.1, 0.15) is 35.6 Å². The molecule has 2 aromatic carbocycles. The summed E-state index contributed by atoms with van der Waals surface area (Å²) < 4.78 is 7.22. The van der Waals surface area contributed by atoms with Crippen LogP contribution in [0.2, 0.25) is 0 Å². The summed E-state index contributed by atoms with van der Waals surface area (Å²) in [5, 5.41) is 18.8. The van der Waals surface area contributed by atoms with Crippen LogP contribution in [0.4, 0.5) is 0 Å². The van der Waals surface area contributed by atoms with Gasteiger partial charge in [-0.15, -0.1) is 29.9 Å². The fourth-order valence-electron chi connectivity index (χ4n) is 3.80. The molecule has 1 saturated heterocycles. The van der Waals surface area contributed by atoms with Gasteiger partial charge in [0.15, 0.2) is 0 Å². The number of hydrogen-bond acceptors (Lipinski definition) is 6. The molecule has 30 heavy (non-hydrogen) atoms. The quantitative estimate of drug-likeness (QED) is 0.598. The van der Waals surface area contributed by atoms with Crippen LogP contribution >= 0.6 is 24.8 Å². The number of nitrogens with zero attached hydrogens (tertiary/aromatic N) is 4. The molecule has 1 aromatic heterocycles. The SMILES string of the molecule is COc1ccc(-n2cnnn2)cc1CN[C@H]1CCCN[C@H]1c1ccc(C)cc1.Cl.Cl. The van der Waals surface area contributed by atoms with E-state index in [-0.39, 0.29) is 24.8 Å². The average molecular weight is 451 g/mol. The lowest BCUT2D eigenvalue weighted by Crippen LogP contribution is -2.45. The molecular weight excluding hydrogens is 423 g/mol. The maximum atomic E-state index is 5.57. The molecular formula is C21H28Cl2N6O. The van der Waals surface area contributed by atoms with Crippen LogP contribution in [0, 0.1) is 6.92 Å². The maximum Gasteiger partial charge on any atom is 0.143 e. The van der Waals surface area contributed by atoms with Crippen molar-refractivity contribution in [3.8, 4) is 11.4 Å². The van der Waals surface area contributed by atoms with Gasteiger partial charge in [0.1, 0.15) is 12.1 Å². The number of rotatable bonds is 6. The Morgan fingerprint density at radius 3 is 2.67 bits per heavy atom. The molecule has 0 radical (unpaired) electrons. The van der Waals surface area contributed by atoms with Gasteiger partial charge in [-0.3, -0.25) is 0 Å². The van der Waals surface area contributed by atoms with Crippen molar-refractivity contribution in [1.82, 2.24) is 30.8 Å². The predicted octanol–water partition coefficient (Wildman–Crippen LogP) is 3.41. The molecule has 4 rings (SSSR count). The van der Waals surface area contributed by atoms with Gasteiger partial charge >= 0.3 is 0 Å². The Morgan fingerprint density at radius 2 is 1.97 bits per heavy atom. The van der Waals surface area contributed by atoms with Crippen LogP contribution in [-0.2, 0) is 6.54 Å². The summed E-state index contributed by atoms with van der Waals surface area (Å²) in [5.41, 5.74) is 4.62. The molecule has 1 aliphatic heterocycles. The first-order valence-corrected chi connectivity index (χ1v) is 9.68. The van der Waals surface area contributed by atoms with Gasteiger partial charge < -0.3 is 15.4 Å². The minimum Gasteiger partial charge on any atom is -0.496 e. The molecule has 0 aliphatic carbocycles. The summed E-state index contributed by atoms with van der Waals surface area (Å²) in [6, 6.07) is 15.5. The molecule has 3 aromatic rings. The Bertz CT molecular complexity index is 904. The number of piperidine rings is 1. The van der Waals surface area contributed by atoms with Gasteiger partial charge in [-0.05, 0) is 60.5 Å². The van der Waals surface area contributed by atoms with Gasteiger partial charge in [0.2, 0.25) is 0 Å². The van der Waals surface area contributed by atoms with Crippen LogP contribution in [-0.4, -0.2) is 39.9 Å². The van der Waals surface area contributed by atoms with Crippen molar-refractivity contribution in [2.45, 2.75) is 38.4 Å². The standard InChI is InChI=1S/C21H26N6O.2ClH/c1-15-5-7-16(8-6-15)21-19(4-3-11-22-21)23-13-17-12-18(9-10-20(17)28-2)27-14-24-25-26-27;;/h5-10,12,14,19,21-23H,3-4,11,13H2,1-2H3;2*1H/t19-,21-;;/m0../s1. The zero-order chi connectivity index (χ0) is 19.3. The first-order chi connectivity index (χ1) is 13.7. The lowest BCUT2D eigenvalue weighted by atomic mass is 9.91. The Morgan fingerprint density at radius 1 is 1.17 bits per heavy atom. The number of nitrogens with one attached hydrogen (secondary N) is 2. The number of benzene rings is 2. The Kier molecular flexibility index (Phi) is 9.05. The van der Waals surface area contributed by atoms with Crippen molar-refractivity contribution in [2.75, 3.05) is 13.7 Å². The van der Waals surface area contributed by atoms with E-state index in [4.69, 9.17) is 4.74 Å². The third-order valence-electron chi connectivity index (χ3n) is 5.33. The summed E-state index contributed by atoms with van der Waals surface area (Å²) >= 11 is 0. The maximum absolute atomic E-state index is 5.57. The van der Waals surface area contributed by atoms with Gasteiger partial charge in [-0.25, -0.2) is 4.68 Å². The Labute approximate surface area is 189 Å². The second-order valence-corrected chi connectivity index (χ2v) is 7.22. The highest BCUT2D eigenvalue weighted by Crippen LogP contribution is 2.26. The zero-order valence-corrected chi connectivity index (χ0v) is 18.7. The molecule has 162 valence electrons. The topological polar surface area (TPSA) is 76.9 Å². The van der Waals surface area contributed by atoms with Crippen molar-refractivity contribution < 1.29 is 4.74 Å². The summed E-state index contributed by atoms with van der Waals surface area (Å²) in [6.45, 7) is 3.89. The van der Waals surface area contributed by atoms with Crippen LogP contribution in [0.3, 0.4) is 0 Å². The van der Waals surface area contributed by atoms with Crippen molar-refractivity contribution in [3.05, 3.63) is 65.5 Å². The van der Waals surface area contributed by atoms with Crippen LogP contribution in [0.5, 0.6) is 5.75 Å². The molecule has 0 spiro atoms. The molecule has 0 amide bonds. The minimum atomic E-state index is 0. The van der Waals surface area contributed by atoms with Crippen LogP contribution < -0.4 is 15.4 Å². The van der Waals surface area contributed by atoms with Crippen LogP contribution in [0.25, 0.3) is 5.69 Å². The molecule has 2 atom stereocenters. The van der Waals surface area contributed by atoms with E-state index in [9.17, 15) is 0 Å². The monoisotopic (exact) mass is 450 g/mol. The van der Waals surface area contributed by atoms with Crippen molar-refractivity contribution in [1.29, 1.82) is 0 Å². The van der Waals surface area contributed by atoms with Crippen molar-refractivity contribution >= 4 is 24.8 Å². The molecule has 1 fully saturated rings. The minimum absolute atomic E-state index is 0. The van der Waals surface area contributed by atoms with E-state index in [1.807, 2.05) is 12.1 Å². The molecule has 0 saturated carbocycles. The van der Waals surface area contributed by atoms with E-state index in [2.05, 4.69) is 63.4 Å². The number of aryl methyl sites for hydroxylation is 1. The summed E-state index contributed by atoms with van der Waals surface area (Å²) in [7, 11) is 1.70. The van der Waals surface area contributed by atoms with E-state index in [1.54, 1.807) is 18.1 Å². The van der Waals surface area contributed by atoms with Gasteiger partial charge in [0.25, 0.3) is 0 Å². The highest BCUT2D eigenvalue weighted by atomic mass is 35.5. The second-order valence-electron chi connectivity index (χ2n) is 7.22. The fraction of sp³-hybridized carbons (Fsp3) is 0.381. The van der Waals surface area contributed by atoms with Gasteiger partial charge in [0, 0.05) is 24.2 Å². The predicted molar refractivity (Wildman–Crippen MR) is 122 cm³/mol. The molecule has 1 aliphatic rings. The van der Waals surface area contributed by atoms with E-state index >= 15 is 0 Å². The van der Waals surface area contributed by atoms with Crippen molar-refractivity contribution in [2.24, 2.45) is 0 Å². The van der Waals surface area contributed by atoms with Gasteiger partial charge in [-0.2, -0.15) is 0 Å². The largest absolute Gasteiger partial charge is 0.496 e. The number of tetrazole rings is 1. The molecule has 2 heterocycles. The van der Waals surface area contributed by atoms with E-state index in [0.717, 1.165) is 30.0 Å². The third-order valence-corrected chi connectivity index (χ3v) is 5.33. The molecule has 7 nitrogen and oxygen atoms in total. The number of ether oxygens (including phenoxy) is 1. The van der Waals surface area contributed by atoms with Gasteiger partial charge in [-0.1, -0.05) is 29.8 Å². The van der Waals surface area contributed by atoms with E-state index in [0.29, 0.717) is 18.6 Å². The first-order valence-electron chi connectivity index (χ1n) is 9.68. The number of hydrogen-bond donors (Lipinski definition) is 2. The fourth-order valence-corrected chi connectivity index (χ4v) is 3.80. The number of methoxy groups -OCH3 is 1.